The van der Waals surface area contributed by atoms with Crippen LogP contribution >= 0.6 is 11.8 Å². The fourth-order valence-corrected chi connectivity index (χ4v) is 2.55. The Hall–Kier alpha value is -1.96. The molecule has 1 aliphatic rings. The Kier molecular flexibility index (Phi) is 3.76. The lowest BCUT2D eigenvalue weighted by atomic mass is 10.2. The first-order chi connectivity index (χ1) is 9.29. The number of thioether (sulfide) groups is 1. The zero-order valence-corrected chi connectivity index (χ0v) is 10.6. The summed E-state index contributed by atoms with van der Waals surface area (Å²) >= 11 is 1.01. The lowest BCUT2D eigenvalue weighted by Crippen LogP contribution is -2.12. The van der Waals surface area contributed by atoms with Crippen LogP contribution < -0.4 is 5.32 Å². The monoisotopic (exact) mass is 303 g/mol. The van der Waals surface area contributed by atoms with Gasteiger partial charge in [0.2, 0.25) is 0 Å². The quantitative estimate of drug-likeness (QED) is 0.841. The van der Waals surface area contributed by atoms with Crippen LogP contribution in [0.25, 0.3) is 0 Å². The van der Waals surface area contributed by atoms with Gasteiger partial charge in [-0.15, -0.1) is 0 Å². The SMILES string of the molecule is O=C(O)C1=C(Nc2ccc(C(F)(F)F)cc2)SCC1=O. The third kappa shape index (κ3) is 2.96. The fraction of sp³-hybridized carbons (Fsp3) is 0.167. The molecule has 1 heterocycles. The molecule has 1 aromatic rings. The van der Waals surface area contributed by atoms with Crippen LogP contribution in [0.2, 0.25) is 0 Å². The van der Waals surface area contributed by atoms with Gasteiger partial charge >= 0.3 is 12.1 Å². The van der Waals surface area contributed by atoms with E-state index in [1.165, 1.54) is 12.1 Å². The molecule has 106 valence electrons. The second-order valence-electron chi connectivity index (χ2n) is 3.92. The van der Waals surface area contributed by atoms with Gasteiger partial charge in [-0.2, -0.15) is 13.2 Å². The molecule has 2 rings (SSSR count). The fourth-order valence-electron chi connectivity index (χ4n) is 1.60. The van der Waals surface area contributed by atoms with Crippen molar-refractivity contribution >= 4 is 29.2 Å². The third-order valence-corrected chi connectivity index (χ3v) is 3.54. The van der Waals surface area contributed by atoms with Gasteiger partial charge in [-0.25, -0.2) is 4.79 Å². The molecule has 1 aliphatic heterocycles. The number of carboxylic acid groups (broad SMARTS) is 1. The highest BCUT2D eigenvalue weighted by atomic mass is 32.2. The molecule has 0 bridgehead atoms. The van der Waals surface area contributed by atoms with Crippen LogP contribution in [0.15, 0.2) is 34.9 Å². The van der Waals surface area contributed by atoms with Crippen LogP contribution in [0.5, 0.6) is 0 Å². The van der Waals surface area contributed by atoms with E-state index in [0.717, 1.165) is 23.9 Å². The molecule has 0 atom stereocenters. The first-order valence-corrected chi connectivity index (χ1v) is 6.35. The van der Waals surface area contributed by atoms with Crippen LogP contribution in [0, 0.1) is 0 Å². The molecule has 0 spiro atoms. The summed E-state index contributed by atoms with van der Waals surface area (Å²) in [7, 11) is 0. The van der Waals surface area contributed by atoms with Gasteiger partial charge in [0.1, 0.15) is 5.57 Å². The second-order valence-corrected chi connectivity index (χ2v) is 4.91. The van der Waals surface area contributed by atoms with E-state index in [1.54, 1.807) is 0 Å². The van der Waals surface area contributed by atoms with E-state index < -0.39 is 23.5 Å². The minimum Gasteiger partial charge on any atom is -0.477 e. The molecule has 0 radical (unpaired) electrons. The zero-order valence-electron chi connectivity index (χ0n) is 9.82. The number of Topliss-reactive ketones (excluding diaryl/α,β-unsaturated/α-hetero) is 1. The van der Waals surface area contributed by atoms with Crippen molar-refractivity contribution in [3.05, 3.63) is 40.4 Å². The van der Waals surface area contributed by atoms with E-state index >= 15 is 0 Å². The molecule has 0 fully saturated rings. The van der Waals surface area contributed by atoms with Crippen molar-refractivity contribution in [2.75, 3.05) is 11.1 Å². The molecule has 20 heavy (non-hydrogen) atoms. The number of hydrogen-bond donors (Lipinski definition) is 2. The molecular weight excluding hydrogens is 295 g/mol. The zero-order chi connectivity index (χ0) is 14.9. The van der Waals surface area contributed by atoms with E-state index in [1.807, 2.05) is 0 Å². The van der Waals surface area contributed by atoms with E-state index in [-0.39, 0.29) is 22.0 Å². The maximum atomic E-state index is 12.4. The van der Waals surface area contributed by atoms with Crippen LogP contribution in [-0.4, -0.2) is 22.6 Å². The van der Waals surface area contributed by atoms with Crippen LogP contribution in [0.1, 0.15) is 5.56 Å². The van der Waals surface area contributed by atoms with Gasteiger partial charge in [0.15, 0.2) is 5.78 Å². The Morgan fingerprint density at radius 3 is 2.35 bits per heavy atom. The first kappa shape index (κ1) is 14.4. The van der Waals surface area contributed by atoms with Crippen molar-refractivity contribution in [1.29, 1.82) is 0 Å². The lowest BCUT2D eigenvalue weighted by Gasteiger charge is -2.10. The minimum absolute atomic E-state index is 0.00456. The van der Waals surface area contributed by atoms with Gasteiger partial charge in [-0.1, -0.05) is 11.8 Å². The topological polar surface area (TPSA) is 66.4 Å². The van der Waals surface area contributed by atoms with Gasteiger partial charge in [0.25, 0.3) is 0 Å². The number of halogens is 3. The first-order valence-electron chi connectivity index (χ1n) is 5.37. The smallest absolute Gasteiger partial charge is 0.416 e. The number of benzene rings is 1. The predicted molar refractivity (Wildman–Crippen MR) is 67.2 cm³/mol. The van der Waals surface area contributed by atoms with Crippen molar-refractivity contribution in [2.45, 2.75) is 6.18 Å². The Labute approximate surface area is 115 Å². The van der Waals surface area contributed by atoms with Gasteiger partial charge in [0, 0.05) is 5.69 Å². The number of hydrogen-bond acceptors (Lipinski definition) is 4. The van der Waals surface area contributed by atoms with Crippen molar-refractivity contribution in [2.24, 2.45) is 0 Å². The van der Waals surface area contributed by atoms with Crippen LogP contribution in [-0.2, 0) is 15.8 Å². The summed E-state index contributed by atoms with van der Waals surface area (Å²) in [4.78, 5) is 22.3. The summed E-state index contributed by atoms with van der Waals surface area (Å²) < 4.78 is 37.2. The summed E-state index contributed by atoms with van der Waals surface area (Å²) in [5.74, 6) is -1.86. The van der Waals surface area contributed by atoms with E-state index in [9.17, 15) is 22.8 Å². The molecule has 4 nitrogen and oxygen atoms in total. The third-order valence-electron chi connectivity index (χ3n) is 2.54. The van der Waals surface area contributed by atoms with E-state index in [0.29, 0.717) is 0 Å². The number of rotatable bonds is 3. The molecule has 0 unspecified atom stereocenters. The number of carbonyl (C=O) groups excluding carboxylic acids is 1. The Bertz CT molecular complexity index is 593. The van der Waals surface area contributed by atoms with Crippen molar-refractivity contribution in [3.8, 4) is 0 Å². The van der Waals surface area contributed by atoms with Gasteiger partial charge in [-0.05, 0) is 24.3 Å². The standard InChI is InChI=1S/C12H8F3NO3S/c13-12(14,15)6-1-3-7(4-2-6)16-10-9(11(18)19)8(17)5-20-10/h1-4,16H,5H2,(H,18,19). The molecule has 0 aromatic heterocycles. The van der Waals surface area contributed by atoms with Crippen molar-refractivity contribution in [3.63, 3.8) is 0 Å². The average Bonchev–Trinajstić information content (AvgIpc) is 2.70. The van der Waals surface area contributed by atoms with Crippen molar-refractivity contribution in [1.82, 2.24) is 0 Å². The normalized spacial score (nSPS) is 15.7. The summed E-state index contributed by atoms with van der Waals surface area (Å²) in [6, 6.07) is 4.12. The lowest BCUT2D eigenvalue weighted by molar-refractivity contribution is -0.137. The number of nitrogens with one attached hydrogen (secondary N) is 1. The largest absolute Gasteiger partial charge is 0.477 e. The summed E-state index contributed by atoms with van der Waals surface area (Å²) in [5.41, 5.74) is -0.880. The number of carboxylic acids is 1. The van der Waals surface area contributed by atoms with Gasteiger partial charge in [-0.3, -0.25) is 4.79 Å². The Morgan fingerprint density at radius 2 is 1.85 bits per heavy atom. The van der Waals surface area contributed by atoms with Gasteiger partial charge in [0.05, 0.1) is 16.3 Å². The Balaban J connectivity index is 2.22. The second kappa shape index (κ2) is 5.20. The molecule has 0 saturated carbocycles. The molecule has 0 aliphatic carbocycles. The van der Waals surface area contributed by atoms with Crippen LogP contribution in [0.3, 0.4) is 0 Å². The molecule has 2 N–H and O–H groups in total. The van der Waals surface area contributed by atoms with E-state index in [4.69, 9.17) is 5.11 Å². The molecule has 8 heteroatoms. The van der Waals surface area contributed by atoms with Crippen LogP contribution in [0.4, 0.5) is 18.9 Å². The maximum absolute atomic E-state index is 12.4. The summed E-state index contributed by atoms with van der Waals surface area (Å²) in [6.45, 7) is 0. The molecular formula is C12H8F3NO3S. The predicted octanol–water partition coefficient (Wildman–Crippen LogP) is 2.73. The summed E-state index contributed by atoms with van der Waals surface area (Å²) in [5, 5.41) is 11.7. The van der Waals surface area contributed by atoms with E-state index in [2.05, 4.69) is 5.32 Å². The Morgan fingerprint density at radius 1 is 1.25 bits per heavy atom. The summed E-state index contributed by atoms with van der Waals surface area (Å²) in [6.07, 6.45) is -4.43. The molecule has 0 amide bonds. The number of ketones is 1. The highest BCUT2D eigenvalue weighted by Gasteiger charge is 2.31. The number of carbonyl (C=O) groups is 2. The number of alkyl halides is 3. The maximum Gasteiger partial charge on any atom is 0.416 e. The number of aliphatic carboxylic acids is 1. The molecule has 0 saturated heterocycles. The van der Waals surface area contributed by atoms with Crippen molar-refractivity contribution < 1.29 is 27.9 Å². The van der Waals surface area contributed by atoms with Gasteiger partial charge < -0.3 is 10.4 Å². The highest BCUT2D eigenvalue weighted by molar-refractivity contribution is 8.04. The minimum atomic E-state index is -4.43. The highest BCUT2D eigenvalue weighted by Crippen LogP contribution is 2.32. The average molecular weight is 303 g/mol. The molecule has 1 aromatic carbocycles. The number of anilines is 1.